The van der Waals surface area contributed by atoms with Gasteiger partial charge >= 0.3 is 0 Å². The van der Waals surface area contributed by atoms with Crippen LogP contribution < -0.4 is 20.5 Å². The Labute approximate surface area is 157 Å². The van der Waals surface area contributed by atoms with Gasteiger partial charge in [0.15, 0.2) is 17.5 Å². The van der Waals surface area contributed by atoms with E-state index in [9.17, 15) is 4.39 Å². The van der Waals surface area contributed by atoms with Crippen molar-refractivity contribution in [2.24, 2.45) is 10.7 Å². The Hall–Kier alpha value is -2.41. The van der Waals surface area contributed by atoms with E-state index in [1.54, 1.807) is 38.1 Å². The van der Waals surface area contributed by atoms with Crippen LogP contribution in [-0.2, 0) is 18.8 Å². The summed E-state index contributed by atoms with van der Waals surface area (Å²) < 4.78 is 23.9. The SMILES string of the molecule is COc1ccc(CN=C(N)NCc2ccc(F)cc2CSC)cc1OC. The summed E-state index contributed by atoms with van der Waals surface area (Å²) in [5.41, 5.74) is 8.87. The highest BCUT2D eigenvalue weighted by atomic mass is 32.2. The minimum Gasteiger partial charge on any atom is -0.493 e. The largest absolute Gasteiger partial charge is 0.493 e. The monoisotopic (exact) mass is 377 g/mol. The molecule has 0 amide bonds. The molecule has 0 saturated carbocycles. The van der Waals surface area contributed by atoms with E-state index in [1.807, 2.05) is 24.5 Å². The van der Waals surface area contributed by atoms with Crippen molar-refractivity contribution in [1.29, 1.82) is 0 Å². The zero-order valence-corrected chi connectivity index (χ0v) is 16.0. The van der Waals surface area contributed by atoms with Gasteiger partial charge in [0, 0.05) is 12.3 Å². The minimum atomic E-state index is -0.229. The van der Waals surface area contributed by atoms with Gasteiger partial charge < -0.3 is 20.5 Å². The summed E-state index contributed by atoms with van der Waals surface area (Å²) in [6.45, 7) is 0.914. The molecule has 0 unspecified atom stereocenters. The molecule has 3 N–H and O–H groups in total. The van der Waals surface area contributed by atoms with Gasteiger partial charge in [0.2, 0.25) is 0 Å². The molecule has 0 atom stereocenters. The maximum atomic E-state index is 13.4. The van der Waals surface area contributed by atoms with Crippen LogP contribution in [0.4, 0.5) is 4.39 Å². The van der Waals surface area contributed by atoms with Gasteiger partial charge in [-0.1, -0.05) is 12.1 Å². The van der Waals surface area contributed by atoms with E-state index in [0.29, 0.717) is 30.5 Å². The van der Waals surface area contributed by atoms with Crippen LogP contribution in [0.1, 0.15) is 16.7 Å². The number of nitrogens with zero attached hydrogens (tertiary/aromatic N) is 1. The number of hydrogen-bond acceptors (Lipinski definition) is 4. The average Bonchev–Trinajstić information content (AvgIpc) is 2.65. The van der Waals surface area contributed by atoms with Crippen LogP contribution in [0.25, 0.3) is 0 Å². The number of thioether (sulfide) groups is 1. The van der Waals surface area contributed by atoms with Crippen molar-refractivity contribution in [2.75, 3.05) is 20.5 Å². The van der Waals surface area contributed by atoms with Gasteiger partial charge in [-0.15, -0.1) is 0 Å². The van der Waals surface area contributed by atoms with Crippen molar-refractivity contribution in [1.82, 2.24) is 5.32 Å². The van der Waals surface area contributed by atoms with E-state index >= 15 is 0 Å². The van der Waals surface area contributed by atoms with E-state index in [2.05, 4.69) is 10.3 Å². The number of methoxy groups -OCH3 is 2. The second-order valence-corrected chi connectivity index (χ2v) is 6.46. The summed E-state index contributed by atoms with van der Waals surface area (Å²) in [5.74, 6) is 2.17. The Balaban J connectivity index is 1.99. The molecule has 7 heteroatoms. The van der Waals surface area contributed by atoms with E-state index in [-0.39, 0.29) is 5.82 Å². The van der Waals surface area contributed by atoms with Gasteiger partial charge in [-0.3, -0.25) is 0 Å². The fourth-order valence-electron chi connectivity index (χ4n) is 2.45. The Kier molecular flexibility index (Phi) is 7.59. The number of ether oxygens (including phenoxy) is 2. The number of hydrogen-bond donors (Lipinski definition) is 2. The molecular weight excluding hydrogens is 353 g/mol. The molecule has 2 aromatic rings. The van der Waals surface area contributed by atoms with Gasteiger partial charge in [0.1, 0.15) is 5.82 Å². The maximum absolute atomic E-state index is 13.4. The fraction of sp³-hybridized carbons (Fsp3) is 0.316. The van der Waals surface area contributed by atoms with Crippen molar-refractivity contribution in [3.63, 3.8) is 0 Å². The lowest BCUT2D eigenvalue weighted by molar-refractivity contribution is 0.354. The zero-order chi connectivity index (χ0) is 18.9. The van der Waals surface area contributed by atoms with Gasteiger partial charge in [0.25, 0.3) is 0 Å². The van der Waals surface area contributed by atoms with Crippen LogP contribution >= 0.6 is 11.8 Å². The van der Waals surface area contributed by atoms with Gasteiger partial charge in [-0.25, -0.2) is 9.38 Å². The molecule has 0 fully saturated rings. The first kappa shape index (κ1) is 19.9. The molecular formula is C19H24FN3O2S. The zero-order valence-electron chi connectivity index (χ0n) is 15.2. The maximum Gasteiger partial charge on any atom is 0.189 e. The molecule has 2 aromatic carbocycles. The molecule has 26 heavy (non-hydrogen) atoms. The first-order chi connectivity index (χ1) is 12.6. The summed E-state index contributed by atoms with van der Waals surface area (Å²) >= 11 is 1.65. The van der Waals surface area contributed by atoms with Gasteiger partial charge in [-0.2, -0.15) is 11.8 Å². The third kappa shape index (κ3) is 5.56. The summed E-state index contributed by atoms with van der Waals surface area (Å²) in [6.07, 6.45) is 1.99. The lowest BCUT2D eigenvalue weighted by atomic mass is 10.1. The molecule has 0 radical (unpaired) electrons. The number of halogens is 1. The number of aliphatic imine (C=N–C) groups is 1. The molecule has 0 aliphatic rings. The highest BCUT2D eigenvalue weighted by molar-refractivity contribution is 7.97. The van der Waals surface area contributed by atoms with Gasteiger partial charge in [-0.05, 0) is 47.2 Å². The minimum absolute atomic E-state index is 0.229. The van der Waals surface area contributed by atoms with Crippen LogP contribution in [0.15, 0.2) is 41.4 Å². The number of benzene rings is 2. The van der Waals surface area contributed by atoms with E-state index in [4.69, 9.17) is 15.2 Å². The molecule has 5 nitrogen and oxygen atoms in total. The second kappa shape index (κ2) is 9.91. The first-order valence-corrected chi connectivity index (χ1v) is 9.47. The third-order valence-corrected chi connectivity index (χ3v) is 4.41. The normalized spacial score (nSPS) is 11.3. The topological polar surface area (TPSA) is 68.9 Å². The molecule has 0 saturated heterocycles. The van der Waals surface area contributed by atoms with Crippen molar-refractivity contribution in [2.45, 2.75) is 18.8 Å². The second-order valence-electron chi connectivity index (χ2n) is 5.59. The van der Waals surface area contributed by atoms with Crippen LogP contribution in [0.5, 0.6) is 11.5 Å². The van der Waals surface area contributed by atoms with Crippen LogP contribution in [-0.4, -0.2) is 26.4 Å². The van der Waals surface area contributed by atoms with Crippen molar-refractivity contribution < 1.29 is 13.9 Å². The molecule has 0 spiro atoms. The summed E-state index contributed by atoms with van der Waals surface area (Å²) in [4.78, 5) is 4.34. The molecule has 0 aliphatic heterocycles. The van der Waals surface area contributed by atoms with E-state index < -0.39 is 0 Å². The highest BCUT2D eigenvalue weighted by Gasteiger charge is 2.06. The molecule has 0 bridgehead atoms. The van der Waals surface area contributed by atoms with Crippen LogP contribution in [0, 0.1) is 5.82 Å². The lowest BCUT2D eigenvalue weighted by Crippen LogP contribution is -2.31. The predicted molar refractivity (Wildman–Crippen MR) is 105 cm³/mol. The highest BCUT2D eigenvalue weighted by Crippen LogP contribution is 2.27. The molecule has 0 aliphatic carbocycles. The summed E-state index contributed by atoms with van der Waals surface area (Å²) in [7, 11) is 3.19. The van der Waals surface area contributed by atoms with Crippen LogP contribution in [0.2, 0.25) is 0 Å². The Morgan fingerprint density at radius 3 is 2.58 bits per heavy atom. The molecule has 2 rings (SSSR count). The van der Waals surface area contributed by atoms with Gasteiger partial charge in [0.05, 0.1) is 20.8 Å². The Morgan fingerprint density at radius 1 is 1.12 bits per heavy atom. The van der Waals surface area contributed by atoms with Crippen molar-refractivity contribution in [3.05, 3.63) is 58.9 Å². The quantitative estimate of drug-likeness (QED) is 0.546. The summed E-state index contributed by atoms with van der Waals surface area (Å²) in [5, 5.41) is 3.08. The number of nitrogens with one attached hydrogen (secondary N) is 1. The van der Waals surface area contributed by atoms with E-state index in [0.717, 1.165) is 22.4 Å². The molecule has 140 valence electrons. The fourth-order valence-corrected chi connectivity index (χ4v) is 3.03. The number of rotatable bonds is 8. The Bertz CT molecular complexity index is 768. The van der Waals surface area contributed by atoms with Crippen molar-refractivity contribution >= 4 is 17.7 Å². The molecule has 0 heterocycles. The first-order valence-electron chi connectivity index (χ1n) is 8.08. The summed E-state index contributed by atoms with van der Waals surface area (Å²) in [6, 6.07) is 10.4. The lowest BCUT2D eigenvalue weighted by Gasteiger charge is -2.11. The van der Waals surface area contributed by atoms with E-state index in [1.165, 1.54) is 6.07 Å². The number of guanidine groups is 1. The Morgan fingerprint density at radius 2 is 1.88 bits per heavy atom. The third-order valence-electron chi connectivity index (χ3n) is 3.81. The van der Waals surface area contributed by atoms with Crippen molar-refractivity contribution in [3.8, 4) is 11.5 Å². The molecule has 0 aromatic heterocycles. The number of nitrogens with two attached hydrogens (primary N) is 1. The average molecular weight is 377 g/mol. The standard InChI is InChI=1S/C19H24FN3O2S/c1-24-17-7-4-13(8-18(17)25-2)10-22-19(21)23-11-14-5-6-16(20)9-15(14)12-26-3/h4-9H,10-12H2,1-3H3,(H3,21,22,23). The van der Waals surface area contributed by atoms with Crippen LogP contribution in [0.3, 0.4) is 0 Å². The predicted octanol–water partition coefficient (Wildman–Crippen LogP) is 3.31. The smallest absolute Gasteiger partial charge is 0.189 e.